The monoisotopic (exact) mass is 358 g/mol. The van der Waals surface area contributed by atoms with Crippen molar-refractivity contribution >= 4 is 5.97 Å². The minimum atomic E-state index is -1.02. The number of benzene rings is 1. The molecule has 0 bridgehead atoms. The third kappa shape index (κ3) is 3.79. The number of nitrogens with zero attached hydrogens (tertiary/aromatic N) is 2. The van der Waals surface area contributed by atoms with Crippen molar-refractivity contribution in [2.24, 2.45) is 5.92 Å². The quantitative estimate of drug-likeness (QED) is 0.816. The van der Waals surface area contributed by atoms with E-state index in [0.717, 1.165) is 5.56 Å². The molecule has 2 unspecified atom stereocenters. The van der Waals surface area contributed by atoms with E-state index in [2.05, 4.69) is 4.98 Å². The van der Waals surface area contributed by atoms with Gasteiger partial charge in [-0.05, 0) is 18.1 Å². The molecule has 1 heterocycles. The van der Waals surface area contributed by atoms with Crippen molar-refractivity contribution in [1.82, 2.24) is 9.55 Å². The van der Waals surface area contributed by atoms with Crippen molar-refractivity contribution in [3.8, 4) is 17.0 Å². The van der Waals surface area contributed by atoms with Crippen molar-refractivity contribution < 1.29 is 14.6 Å². The SMILES string of the molecule is CCC(C)C(C(=O)O)n1cc(-c2ccccc2OC)nc(C(C)C)c1=O. The highest BCUT2D eigenvalue weighted by Crippen LogP contribution is 2.30. The van der Waals surface area contributed by atoms with Gasteiger partial charge in [0.1, 0.15) is 17.5 Å². The van der Waals surface area contributed by atoms with Gasteiger partial charge in [-0.1, -0.05) is 46.2 Å². The molecular weight excluding hydrogens is 332 g/mol. The smallest absolute Gasteiger partial charge is 0.327 e. The average molecular weight is 358 g/mol. The normalized spacial score (nSPS) is 13.5. The topological polar surface area (TPSA) is 81.4 Å². The van der Waals surface area contributed by atoms with Gasteiger partial charge in [-0.25, -0.2) is 9.78 Å². The van der Waals surface area contributed by atoms with E-state index in [0.29, 0.717) is 23.6 Å². The molecule has 0 aliphatic carbocycles. The molecule has 140 valence electrons. The highest BCUT2D eigenvalue weighted by Gasteiger charge is 2.28. The Morgan fingerprint density at radius 1 is 1.27 bits per heavy atom. The second-order valence-electron chi connectivity index (χ2n) is 6.75. The molecule has 26 heavy (non-hydrogen) atoms. The summed E-state index contributed by atoms with van der Waals surface area (Å²) >= 11 is 0. The van der Waals surface area contributed by atoms with Crippen LogP contribution < -0.4 is 10.3 Å². The number of aromatic nitrogens is 2. The van der Waals surface area contributed by atoms with Crippen molar-refractivity contribution in [1.29, 1.82) is 0 Å². The molecule has 0 saturated carbocycles. The van der Waals surface area contributed by atoms with Crippen molar-refractivity contribution in [2.45, 2.75) is 46.1 Å². The fourth-order valence-electron chi connectivity index (χ4n) is 2.96. The fraction of sp³-hybridized carbons (Fsp3) is 0.450. The maximum atomic E-state index is 12.9. The number of para-hydroxylation sites is 1. The summed E-state index contributed by atoms with van der Waals surface area (Å²) in [6.45, 7) is 7.50. The van der Waals surface area contributed by atoms with Gasteiger partial charge >= 0.3 is 5.97 Å². The van der Waals surface area contributed by atoms with Crippen LogP contribution in [0.2, 0.25) is 0 Å². The zero-order valence-corrected chi connectivity index (χ0v) is 15.9. The summed E-state index contributed by atoms with van der Waals surface area (Å²) in [5.41, 5.74) is 1.24. The van der Waals surface area contributed by atoms with E-state index in [1.54, 1.807) is 7.11 Å². The first-order chi connectivity index (χ1) is 12.3. The predicted octanol–water partition coefficient (Wildman–Crippen LogP) is 3.71. The molecule has 1 N–H and O–H groups in total. The molecule has 2 atom stereocenters. The van der Waals surface area contributed by atoms with Crippen LogP contribution in [0.25, 0.3) is 11.3 Å². The van der Waals surface area contributed by atoms with Gasteiger partial charge in [-0.15, -0.1) is 0 Å². The second-order valence-corrected chi connectivity index (χ2v) is 6.75. The first-order valence-electron chi connectivity index (χ1n) is 8.81. The van der Waals surface area contributed by atoms with Crippen LogP contribution in [0.1, 0.15) is 51.8 Å². The fourth-order valence-corrected chi connectivity index (χ4v) is 2.96. The summed E-state index contributed by atoms with van der Waals surface area (Å²) in [5, 5.41) is 9.74. The van der Waals surface area contributed by atoms with Gasteiger partial charge < -0.3 is 9.84 Å². The molecule has 6 nitrogen and oxygen atoms in total. The zero-order valence-electron chi connectivity index (χ0n) is 15.9. The Bertz CT molecular complexity index is 842. The molecule has 2 aromatic rings. The molecule has 0 fully saturated rings. The number of methoxy groups -OCH3 is 1. The molecule has 0 amide bonds. The Labute approximate surface area is 153 Å². The lowest BCUT2D eigenvalue weighted by Gasteiger charge is -2.23. The number of carboxylic acids is 1. The largest absolute Gasteiger partial charge is 0.496 e. The van der Waals surface area contributed by atoms with Crippen LogP contribution in [0.5, 0.6) is 5.75 Å². The molecule has 1 aromatic carbocycles. The van der Waals surface area contributed by atoms with Gasteiger partial charge in [-0.3, -0.25) is 9.36 Å². The number of rotatable bonds is 7. The van der Waals surface area contributed by atoms with Gasteiger partial charge in [0.05, 0.1) is 12.8 Å². The molecule has 0 radical (unpaired) electrons. The highest BCUT2D eigenvalue weighted by molar-refractivity contribution is 5.73. The van der Waals surface area contributed by atoms with Gasteiger partial charge in [0, 0.05) is 17.7 Å². The van der Waals surface area contributed by atoms with Crippen LogP contribution in [0.4, 0.5) is 0 Å². The summed E-state index contributed by atoms with van der Waals surface area (Å²) < 4.78 is 6.72. The van der Waals surface area contributed by atoms with Crippen LogP contribution in [0.3, 0.4) is 0 Å². The third-order valence-electron chi connectivity index (χ3n) is 4.62. The van der Waals surface area contributed by atoms with Crippen molar-refractivity contribution in [3.63, 3.8) is 0 Å². The molecule has 2 rings (SSSR count). The average Bonchev–Trinajstić information content (AvgIpc) is 2.62. The lowest BCUT2D eigenvalue weighted by atomic mass is 9.98. The number of carbonyl (C=O) groups is 1. The third-order valence-corrected chi connectivity index (χ3v) is 4.62. The predicted molar refractivity (Wildman–Crippen MR) is 101 cm³/mol. The summed E-state index contributed by atoms with van der Waals surface area (Å²) in [5.74, 6) is -0.725. The van der Waals surface area contributed by atoms with Crippen LogP contribution in [0.15, 0.2) is 35.3 Å². The second kappa shape index (κ2) is 8.17. The van der Waals surface area contributed by atoms with Crippen molar-refractivity contribution in [2.75, 3.05) is 7.11 Å². The van der Waals surface area contributed by atoms with E-state index in [9.17, 15) is 14.7 Å². The van der Waals surface area contributed by atoms with Gasteiger partial charge in [-0.2, -0.15) is 0 Å². The van der Waals surface area contributed by atoms with Gasteiger partial charge in [0.15, 0.2) is 0 Å². The van der Waals surface area contributed by atoms with Crippen LogP contribution in [-0.2, 0) is 4.79 Å². The molecule has 0 aliphatic heterocycles. The van der Waals surface area contributed by atoms with E-state index < -0.39 is 12.0 Å². The summed E-state index contributed by atoms with van der Waals surface area (Å²) in [4.78, 5) is 29.4. The number of carboxylic acid groups (broad SMARTS) is 1. The van der Waals surface area contributed by atoms with E-state index >= 15 is 0 Å². The van der Waals surface area contributed by atoms with Gasteiger partial charge in [0.2, 0.25) is 0 Å². The first-order valence-corrected chi connectivity index (χ1v) is 8.81. The Morgan fingerprint density at radius 2 is 1.92 bits per heavy atom. The van der Waals surface area contributed by atoms with E-state index in [4.69, 9.17) is 4.74 Å². The molecule has 0 saturated heterocycles. The van der Waals surface area contributed by atoms with Crippen LogP contribution in [-0.4, -0.2) is 27.7 Å². The lowest BCUT2D eigenvalue weighted by Crippen LogP contribution is -2.36. The van der Waals surface area contributed by atoms with Crippen LogP contribution in [0, 0.1) is 5.92 Å². The molecule has 1 aromatic heterocycles. The van der Waals surface area contributed by atoms with E-state index in [1.165, 1.54) is 10.8 Å². The number of ether oxygens (including phenoxy) is 1. The highest BCUT2D eigenvalue weighted by atomic mass is 16.5. The van der Waals surface area contributed by atoms with E-state index in [1.807, 2.05) is 52.0 Å². The molecule has 0 spiro atoms. The maximum Gasteiger partial charge on any atom is 0.327 e. The first kappa shape index (κ1) is 19.7. The number of aliphatic carboxylic acids is 1. The van der Waals surface area contributed by atoms with Crippen LogP contribution >= 0.6 is 0 Å². The Morgan fingerprint density at radius 3 is 2.46 bits per heavy atom. The number of hydrogen-bond donors (Lipinski definition) is 1. The summed E-state index contributed by atoms with van der Waals surface area (Å²) in [6, 6.07) is 6.42. The Kier molecular flexibility index (Phi) is 6.18. The Balaban J connectivity index is 2.79. The molecule has 6 heteroatoms. The molecule has 0 aliphatic rings. The summed E-state index contributed by atoms with van der Waals surface area (Å²) in [7, 11) is 1.57. The maximum absolute atomic E-state index is 12.9. The minimum absolute atomic E-state index is 0.130. The van der Waals surface area contributed by atoms with E-state index in [-0.39, 0.29) is 17.4 Å². The summed E-state index contributed by atoms with van der Waals surface area (Å²) in [6.07, 6.45) is 2.18. The van der Waals surface area contributed by atoms with Gasteiger partial charge in [0.25, 0.3) is 5.56 Å². The Hall–Kier alpha value is -2.63. The standard InChI is InChI=1S/C20H26N2O4/c1-6-13(4)18(20(24)25)22-11-15(21-17(12(2)3)19(22)23)14-9-7-8-10-16(14)26-5/h7-13,18H,6H2,1-5H3,(H,24,25). The number of hydrogen-bond acceptors (Lipinski definition) is 4. The minimum Gasteiger partial charge on any atom is -0.496 e. The zero-order chi connectivity index (χ0) is 19.4. The lowest BCUT2D eigenvalue weighted by molar-refractivity contribution is -0.142. The van der Waals surface area contributed by atoms with Crippen molar-refractivity contribution in [3.05, 3.63) is 46.5 Å². The molecular formula is C20H26N2O4.